The lowest BCUT2D eigenvalue weighted by Crippen LogP contribution is -2.52. The average molecular weight is 487 g/mol. The third kappa shape index (κ3) is 6.46. The minimum atomic E-state index is -0.158. The molecule has 3 rings (SSSR count). The number of guanidine groups is 1. The van der Waals surface area contributed by atoms with Crippen molar-refractivity contribution in [3.05, 3.63) is 53.7 Å². The fourth-order valence-electron chi connectivity index (χ4n) is 3.08. The Morgan fingerprint density at radius 2 is 2.00 bits per heavy atom. The second kappa shape index (κ2) is 11.2. The molecule has 0 radical (unpaired) electrons. The summed E-state index contributed by atoms with van der Waals surface area (Å²) in [5, 5.41) is 7.32. The smallest absolute Gasteiger partial charge is 0.194 e. The first-order valence-corrected chi connectivity index (χ1v) is 9.14. The molecule has 8 heteroatoms. The molecule has 1 aliphatic rings. The van der Waals surface area contributed by atoms with Crippen LogP contribution in [0.5, 0.6) is 0 Å². The molecule has 1 aromatic carbocycles. The lowest BCUT2D eigenvalue weighted by atomic mass is 10.1. The minimum Gasteiger partial charge on any atom is -0.364 e. The van der Waals surface area contributed by atoms with E-state index in [4.69, 9.17) is 9.52 Å². The summed E-state index contributed by atoms with van der Waals surface area (Å²) in [6.07, 6.45) is 2.21. The molecule has 0 aliphatic carbocycles. The second-order valence-corrected chi connectivity index (χ2v) is 6.33. The summed E-state index contributed by atoms with van der Waals surface area (Å²) >= 11 is 0. The summed E-state index contributed by atoms with van der Waals surface area (Å²) in [6, 6.07) is 8.80. The molecule has 0 spiro atoms. The molecule has 1 N–H and O–H groups in total. The molecule has 1 saturated heterocycles. The van der Waals surface area contributed by atoms with Crippen molar-refractivity contribution in [2.24, 2.45) is 4.99 Å². The van der Waals surface area contributed by atoms with Crippen LogP contribution < -0.4 is 5.32 Å². The normalized spacial score (nSPS) is 15.5. The van der Waals surface area contributed by atoms with Gasteiger partial charge in [0.1, 0.15) is 12.1 Å². The van der Waals surface area contributed by atoms with Crippen LogP contribution in [-0.2, 0) is 13.0 Å². The van der Waals surface area contributed by atoms with E-state index in [2.05, 4.69) is 27.2 Å². The van der Waals surface area contributed by atoms with E-state index in [0.29, 0.717) is 18.5 Å². The molecule has 2 heterocycles. The Kier molecular flexibility index (Phi) is 8.99. The van der Waals surface area contributed by atoms with Crippen LogP contribution in [0, 0.1) is 5.82 Å². The van der Waals surface area contributed by atoms with Crippen molar-refractivity contribution in [2.75, 3.05) is 39.3 Å². The lowest BCUT2D eigenvalue weighted by Gasteiger charge is -2.36. The zero-order valence-corrected chi connectivity index (χ0v) is 17.9. The van der Waals surface area contributed by atoms with Crippen molar-refractivity contribution in [1.82, 2.24) is 20.3 Å². The summed E-state index contributed by atoms with van der Waals surface area (Å²) in [7, 11) is 0. The molecular weight excluding hydrogens is 460 g/mol. The first kappa shape index (κ1) is 21.6. The number of aliphatic imine (C=N–C) groups is 1. The Bertz CT molecular complexity index is 702. The molecule has 2 aromatic rings. The second-order valence-electron chi connectivity index (χ2n) is 6.33. The van der Waals surface area contributed by atoms with Gasteiger partial charge >= 0.3 is 0 Å². The first-order chi connectivity index (χ1) is 12.8. The van der Waals surface area contributed by atoms with Crippen LogP contribution in [0.4, 0.5) is 4.39 Å². The van der Waals surface area contributed by atoms with E-state index in [1.165, 1.54) is 6.07 Å². The third-order valence-corrected chi connectivity index (χ3v) is 4.48. The molecule has 0 amide bonds. The fraction of sp³-hybridized carbons (Fsp3) is 0.474. The van der Waals surface area contributed by atoms with Gasteiger partial charge in [-0.05, 0) is 25.0 Å². The maximum absolute atomic E-state index is 13.7. The fourth-order valence-corrected chi connectivity index (χ4v) is 3.08. The van der Waals surface area contributed by atoms with Gasteiger partial charge in [0, 0.05) is 51.9 Å². The highest BCUT2D eigenvalue weighted by Crippen LogP contribution is 2.09. The number of aromatic nitrogens is 1. The van der Waals surface area contributed by atoms with Crippen LogP contribution in [0.15, 0.2) is 46.1 Å². The molecule has 1 aliphatic heterocycles. The summed E-state index contributed by atoms with van der Waals surface area (Å²) in [5.74, 6) is 0.749. The van der Waals surface area contributed by atoms with Gasteiger partial charge in [0.05, 0.1) is 5.69 Å². The van der Waals surface area contributed by atoms with Gasteiger partial charge in [-0.3, -0.25) is 9.89 Å². The van der Waals surface area contributed by atoms with Crippen molar-refractivity contribution in [3.63, 3.8) is 0 Å². The summed E-state index contributed by atoms with van der Waals surface area (Å²) < 4.78 is 18.6. The van der Waals surface area contributed by atoms with Crippen molar-refractivity contribution in [2.45, 2.75) is 19.9 Å². The van der Waals surface area contributed by atoms with Gasteiger partial charge in [-0.2, -0.15) is 0 Å². The van der Waals surface area contributed by atoms with Crippen molar-refractivity contribution in [1.29, 1.82) is 0 Å². The molecule has 1 fully saturated rings. The number of halogens is 2. The Balaban J connectivity index is 0.00000261. The van der Waals surface area contributed by atoms with Gasteiger partial charge in [-0.15, -0.1) is 24.0 Å². The Morgan fingerprint density at radius 1 is 1.22 bits per heavy atom. The predicted molar refractivity (Wildman–Crippen MR) is 115 cm³/mol. The number of rotatable bonds is 6. The monoisotopic (exact) mass is 487 g/mol. The highest BCUT2D eigenvalue weighted by Gasteiger charge is 2.20. The van der Waals surface area contributed by atoms with E-state index in [1.807, 2.05) is 18.2 Å². The van der Waals surface area contributed by atoms with Crippen molar-refractivity contribution in [3.8, 4) is 0 Å². The maximum Gasteiger partial charge on any atom is 0.194 e. The minimum absolute atomic E-state index is 0. The van der Waals surface area contributed by atoms with Crippen LogP contribution in [-0.4, -0.2) is 60.2 Å². The number of nitrogens with zero attached hydrogens (tertiary/aromatic N) is 4. The van der Waals surface area contributed by atoms with E-state index in [-0.39, 0.29) is 29.8 Å². The van der Waals surface area contributed by atoms with E-state index in [1.54, 1.807) is 12.3 Å². The van der Waals surface area contributed by atoms with E-state index < -0.39 is 0 Å². The largest absolute Gasteiger partial charge is 0.364 e. The number of piperazine rings is 1. The van der Waals surface area contributed by atoms with Gasteiger partial charge < -0.3 is 14.7 Å². The topological polar surface area (TPSA) is 56.9 Å². The Hall–Kier alpha value is -1.68. The molecule has 6 nitrogen and oxygen atoms in total. The van der Waals surface area contributed by atoms with Gasteiger partial charge in [0.25, 0.3) is 0 Å². The highest BCUT2D eigenvalue weighted by atomic mass is 127. The summed E-state index contributed by atoms with van der Waals surface area (Å²) in [4.78, 5) is 9.32. The number of benzene rings is 1. The van der Waals surface area contributed by atoms with Crippen LogP contribution in [0.2, 0.25) is 0 Å². The van der Waals surface area contributed by atoms with Gasteiger partial charge in [0.15, 0.2) is 5.96 Å². The van der Waals surface area contributed by atoms with E-state index in [0.717, 1.165) is 50.9 Å². The lowest BCUT2D eigenvalue weighted by molar-refractivity contribution is 0.169. The first-order valence-electron chi connectivity index (χ1n) is 9.14. The van der Waals surface area contributed by atoms with E-state index in [9.17, 15) is 4.39 Å². The Morgan fingerprint density at radius 3 is 2.67 bits per heavy atom. The molecule has 1 aromatic heterocycles. The van der Waals surface area contributed by atoms with E-state index >= 15 is 0 Å². The summed E-state index contributed by atoms with van der Waals surface area (Å²) in [6.45, 7) is 7.97. The highest BCUT2D eigenvalue weighted by molar-refractivity contribution is 14.0. The van der Waals surface area contributed by atoms with Crippen LogP contribution in [0.25, 0.3) is 0 Å². The standard InChI is InChI=1S/C19H26FN5O.HI/c1-2-21-19(22-9-7-16-5-3-4-6-18(16)20)25-12-10-24(11-13-25)15-17-8-14-26-23-17;/h3-6,8,14H,2,7,9-13,15H2,1H3,(H,21,22);1H. The number of nitrogens with one attached hydrogen (secondary N) is 1. The van der Waals surface area contributed by atoms with Gasteiger partial charge in [-0.1, -0.05) is 23.4 Å². The molecule has 0 bridgehead atoms. The molecule has 0 saturated carbocycles. The zero-order chi connectivity index (χ0) is 18.2. The molecule has 148 valence electrons. The zero-order valence-electron chi connectivity index (χ0n) is 15.6. The molecule has 0 unspecified atom stereocenters. The number of hydrogen-bond acceptors (Lipinski definition) is 4. The average Bonchev–Trinajstić information content (AvgIpc) is 3.16. The summed E-state index contributed by atoms with van der Waals surface area (Å²) in [5.41, 5.74) is 1.67. The molecule has 0 atom stereocenters. The Labute approximate surface area is 176 Å². The predicted octanol–water partition coefficient (Wildman–Crippen LogP) is 2.76. The molecular formula is C19H27FIN5O. The van der Waals surface area contributed by atoms with Crippen LogP contribution in [0.3, 0.4) is 0 Å². The quantitative estimate of drug-likeness (QED) is 0.386. The number of hydrogen-bond donors (Lipinski definition) is 1. The SMILES string of the molecule is CCNC(=NCCc1ccccc1F)N1CCN(Cc2ccon2)CC1.I. The molecule has 27 heavy (non-hydrogen) atoms. The van der Waals surface area contributed by atoms with Crippen LogP contribution >= 0.6 is 24.0 Å². The maximum atomic E-state index is 13.7. The van der Waals surface area contributed by atoms with Gasteiger partial charge in [0.2, 0.25) is 0 Å². The van der Waals surface area contributed by atoms with Crippen molar-refractivity contribution >= 4 is 29.9 Å². The van der Waals surface area contributed by atoms with Gasteiger partial charge in [-0.25, -0.2) is 4.39 Å². The van der Waals surface area contributed by atoms with Crippen molar-refractivity contribution < 1.29 is 8.91 Å². The third-order valence-electron chi connectivity index (χ3n) is 4.48. The van der Waals surface area contributed by atoms with Crippen LogP contribution in [0.1, 0.15) is 18.2 Å².